The third-order valence-corrected chi connectivity index (χ3v) is 7.96. The molecule has 0 fully saturated rings. The first-order valence-corrected chi connectivity index (χ1v) is 17.6. The first kappa shape index (κ1) is 47.1. The second kappa shape index (κ2) is 21.7. The highest BCUT2D eigenvalue weighted by molar-refractivity contribution is 5.94. The number of nitrogens with one attached hydrogen (secondary N) is 6. The number of aliphatic hydroxyl groups excluding tert-OH is 2. The van der Waals surface area contributed by atoms with Crippen molar-refractivity contribution in [1.82, 2.24) is 31.9 Å². The fraction of sp³-hybridized carbons (Fsp3) is 0.639. The first-order chi connectivity index (χ1) is 25.0. The molecule has 18 nitrogen and oxygen atoms in total. The Bertz CT molecular complexity index is 1450. The molecule has 7 atom stereocenters. The van der Waals surface area contributed by atoms with Crippen LogP contribution < -0.4 is 31.9 Å². The Hall–Kier alpha value is -4.97. The molecule has 0 unspecified atom stereocenters. The molecule has 6 amide bonds. The quantitative estimate of drug-likeness (QED) is 0.0809. The van der Waals surface area contributed by atoms with Crippen molar-refractivity contribution in [1.29, 1.82) is 0 Å². The van der Waals surface area contributed by atoms with Crippen LogP contribution in [0.1, 0.15) is 74.3 Å². The zero-order chi connectivity index (χ0) is 41.5. The molecule has 1 aromatic carbocycles. The van der Waals surface area contributed by atoms with Crippen LogP contribution in [0.25, 0.3) is 0 Å². The first-order valence-electron chi connectivity index (χ1n) is 17.6. The number of methoxy groups -OCH3 is 1. The van der Waals surface area contributed by atoms with Crippen molar-refractivity contribution >= 4 is 41.6 Å². The van der Waals surface area contributed by atoms with Crippen LogP contribution >= 0.6 is 0 Å². The minimum absolute atomic E-state index is 0.00984. The zero-order valence-corrected chi connectivity index (χ0v) is 32.6. The van der Waals surface area contributed by atoms with Gasteiger partial charge >= 0.3 is 12.1 Å². The average molecular weight is 767 g/mol. The van der Waals surface area contributed by atoms with Gasteiger partial charge in [0.1, 0.15) is 41.6 Å². The lowest BCUT2D eigenvalue weighted by molar-refractivity contribution is -0.147. The van der Waals surface area contributed by atoms with E-state index in [0.29, 0.717) is 5.56 Å². The number of hydrogen-bond acceptors (Lipinski definition) is 12. The van der Waals surface area contributed by atoms with E-state index in [0.717, 1.165) is 0 Å². The second-order valence-electron chi connectivity index (χ2n) is 14.6. The smallest absolute Gasteiger partial charge is 0.408 e. The van der Waals surface area contributed by atoms with Crippen molar-refractivity contribution in [3.8, 4) is 5.75 Å². The number of rotatable bonds is 19. The van der Waals surface area contributed by atoms with Crippen LogP contribution in [0.4, 0.5) is 4.79 Å². The van der Waals surface area contributed by atoms with Crippen molar-refractivity contribution in [2.24, 2.45) is 11.8 Å². The van der Waals surface area contributed by atoms with Gasteiger partial charge in [-0.05, 0) is 70.6 Å². The summed E-state index contributed by atoms with van der Waals surface area (Å²) in [5, 5.41) is 45.4. The molecule has 0 aromatic heterocycles. The molecule has 0 saturated heterocycles. The molecule has 1 aromatic rings. The lowest BCUT2D eigenvalue weighted by Gasteiger charge is -2.28. The Morgan fingerprint density at radius 3 is 1.70 bits per heavy atom. The number of alkyl carbamates (subject to hydrolysis) is 1. The third kappa shape index (κ3) is 16.4. The van der Waals surface area contributed by atoms with E-state index in [2.05, 4.69) is 31.9 Å². The number of amides is 6. The van der Waals surface area contributed by atoms with Gasteiger partial charge in [-0.15, -0.1) is 0 Å². The molecule has 0 spiro atoms. The summed E-state index contributed by atoms with van der Waals surface area (Å²) in [6.07, 6.45) is -3.03. The van der Waals surface area contributed by atoms with Crippen LogP contribution in [0, 0.1) is 11.8 Å². The normalized spacial score (nSPS) is 15.3. The van der Waals surface area contributed by atoms with Gasteiger partial charge in [-0.2, -0.15) is 0 Å². The van der Waals surface area contributed by atoms with Crippen LogP contribution in [0.3, 0.4) is 0 Å². The van der Waals surface area contributed by atoms with Crippen LogP contribution in [0.15, 0.2) is 24.3 Å². The van der Waals surface area contributed by atoms with E-state index in [4.69, 9.17) is 9.47 Å². The summed E-state index contributed by atoms with van der Waals surface area (Å²) in [4.78, 5) is 89.4. The lowest BCUT2D eigenvalue weighted by Crippen LogP contribution is -2.58. The molecule has 0 aliphatic rings. The summed E-state index contributed by atoms with van der Waals surface area (Å²) < 4.78 is 9.86. The van der Waals surface area contributed by atoms with Crippen molar-refractivity contribution in [3.05, 3.63) is 29.8 Å². The van der Waals surface area contributed by atoms with Crippen LogP contribution in [-0.4, -0.2) is 119 Å². The van der Waals surface area contributed by atoms with E-state index in [1.165, 1.54) is 33.1 Å². The highest BCUT2D eigenvalue weighted by atomic mass is 16.6. The highest BCUT2D eigenvalue weighted by Crippen LogP contribution is 2.15. The van der Waals surface area contributed by atoms with Gasteiger partial charge in [0.05, 0.1) is 32.3 Å². The van der Waals surface area contributed by atoms with Gasteiger partial charge in [0.25, 0.3) is 0 Å². The molecule has 0 bridgehead atoms. The monoisotopic (exact) mass is 766 g/mol. The van der Waals surface area contributed by atoms with Crippen molar-refractivity contribution in [3.63, 3.8) is 0 Å². The molecule has 0 saturated carbocycles. The van der Waals surface area contributed by atoms with Gasteiger partial charge in [-0.1, -0.05) is 39.8 Å². The number of carbonyl (C=O) groups excluding carboxylic acids is 7. The molecule has 18 heteroatoms. The molecule has 0 radical (unpaired) electrons. The average Bonchev–Trinajstić information content (AvgIpc) is 3.07. The van der Waals surface area contributed by atoms with Gasteiger partial charge in [0.2, 0.25) is 29.5 Å². The highest BCUT2D eigenvalue weighted by Gasteiger charge is 2.33. The number of phenols is 1. The van der Waals surface area contributed by atoms with E-state index in [1.54, 1.807) is 60.6 Å². The number of aromatic hydroxyl groups is 1. The molecule has 9 N–H and O–H groups in total. The standard InChI is InChI=1S/C36H58N6O12/c1-18(2)28(33(50)42-29(19(3)4)34(51)53-10)41-27(46)16-26(45)24(15-22-11-13-23(44)14-12-22)39-31(48)21(6)37-30(47)20(5)38-32(49)25(17-43)40-35(52)54-36(7,8)9/h11-14,18-21,24-26,28-29,43-45H,15-17H2,1-10H3,(H,37,47)(H,38,49)(H,39,48)(H,40,52)(H,41,46)(H,42,50)/t20-,21-,24-,25-,26-,28-,29-/m0/s1. The molecule has 0 heterocycles. The Kier molecular flexibility index (Phi) is 18.9. The van der Waals surface area contributed by atoms with Crippen molar-refractivity contribution < 1.29 is 58.4 Å². The van der Waals surface area contributed by atoms with Gasteiger partial charge in [-0.3, -0.25) is 24.0 Å². The van der Waals surface area contributed by atoms with E-state index >= 15 is 0 Å². The summed E-state index contributed by atoms with van der Waals surface area (Å²) in [5.74, 6) is -5.20. The predicted octanol–water partition coefficient (Wildman–Crippen LogP) is -0.480. The zero-order valence-electron chi connectivity index (χ0n) is 32.6. The Morgan fingerprint density at radius 2 is 1.22 bits per heavy atom. The summed E-state index contributed by atoms with van der Waals surface area (Å²) in [5.41, 5.74) is -0.290. The maximum absolute atomic E-state index is 13.3. The second-order valence-corrected chi connectivity index (χ2v) is 14.6. The number of carbonyl (C=O) groups is 7. The third-order valence-electron chi connectivity index (χ3n) is 7.96. The lowest BCUT2D eigenvalue weighted by atomic mass is 9.97. The van der Waals surface area contributed by atoms with Gasteiger partial charge < -0.3 is 56.7 Å². The largest absolute Gasteiger partial charge is 0.508 e. The van der Waals surface area contributed by atoms with Crippen molar-refractivity contribution in [2.45, 2.75) is 123 Å². The van der Waals surface area contributed by atoms with Crippen LogP contribution in [0.2, 0.25) is 0 Å². The maximum atomic E-state index is 13.3. The molecule has 54 heavy (non-hydrogen) atoms. The van der Waals surface area contributed by atoms with E-state index < -0.39 is 109 Å². The summed E-state index contributed by atoms with van der Waals surface area (Å²) in [6, 6.07) is -1.11. The minimum atomic E-state index is -1.51. The molecule has 0 aliphatic carbocycles. The van der Waals surface area contributed by atoms with Gasteiger partial charge in [0.15, 0.2) is 0 Å². The topological polar surface area (TPSA) is 271 Å². The number of ether oxygens (including phenoxy) is 2. The van der Waals surface area contributed by atoms with Crippen molar-refractivity contribution in [2.75, 3.05) is 13.7 Å². The fourth-order valence-corrected chi connectivity index (χ4v) is 4.87. The number of benzene rings is 1. The Balaban J connectivity index is 3.03. The Labute approximate surface area is 315 Å². The molecular weight excluding hydrogens is 708 g/mol. The van der Waals surface area contributed by atoms with E-state index in [-0.39, 0.29) is 18.1 Å². The maximum Gasteiger partial charge on any atom is 0.408 e. The van der Waals surface area contributed by atoms with Gasteiger partial charge in [0, 0.05) is 0 Å². The van der Waals surface area contributed by atoms with Gasteiger partial charge in [-0.25, -0.2) is 9.59 Å². The summed E-state index contributed by atoms with van der Waals surface area (Å²) in [6.45, 7) is 13.5. The molecule has 0 aliphatic heterocycles. The van der Waals surface area contributed by atoms with Crippen LogP contribution in [-0.2, 0) is 44.7 Å². The molecule has 1 rings (SSSR count). The number of aliphatic hydroxyl groups is 2. The Morgan fingerprint density at radius 1 is 0.704 bits per heavy atom. The summed E-state index contributed by atoms with van der Waals surface area (Å²) >= 11 is 0. The molecule has 304 valence electrons. The number of phenolic OH excluding ortho intramolecular Hbond substituents is 1. The summed E-state index contributed by atoms with van der Waals surface area (Å²) in [7, 11) is 1.19. The SMILES string of the molecule is COC(=O)[C@@H](NC(=O)[C@@H](NC(=O)C[C@H](O)[C@H](Cc1ccc(O)cc1)NC(=O)[C@H](C)NC(=O)[C@H](C)NC(=O)[C@H](CO)NC(=O)OC(C)(C)C)C(C)C)C(C)C. The van der Waals surface area contributed by atoms with E-state index in [9.17, 15) is 48.9 Å². The van der Waals surface area contributed by atoms with Crippen LogP contribution in [0.5, 0.6) is 5.75 Å². The fourth-order valence-electron chi connectivity index (χ4n) is 4.87. The number of esters is 1. The molecular formula is C36H58N6O12. The van der Waals surface area contributed by atoms with E-state index in [1.807, 2.05) is 0 Å². The predicted molar refractivity (Wildman–Crippen MR) is 195 cm³/mol. The minimum Gasteiger partial charge on any atom is -0.508 e. The number of hydrogen-bond donors (Lipinski definition) is 9.